The molecule has 4 rings (SSSR count). The maximum Gasteiger partial charge on any atom is 0.345 e. The number of carbonyl (C=O) groups excluding carboxylic acids is 1. The van der Waals surface area contributed by atoms with Crippen molar-refractivity contribution in [2.75, 3.05) is 13.2 Å². The van der Waals surface area contributed by atoms with Crippen molar-refractivity contribution in [3.05, 3.63) is 51.3 Å². The number of benzene rings is 1. The molecule has 0 aliphatic carbocycles. The molecule has 27 heavy (non-hydrogen) atoms. The van der Waals surface area contributed by atoms with Gasteiger partial charge in [0.25, 0.3) is 0 Å². The van der Waals surface area contributed by atoms with Gasteiger partial charge in [-0.25, -0.2) is 9.48 Å². The second kappa shape index (κ2) is 7.21. The van der Waals surface area contributed by atoms with Gasteiger partial charge in [0.15, 0.2) is 5.82 Å². The van der Waals surface area contributed by atoms with Gasteiger partial charge in [0, 0.05) is 35.7 Å². The molecule has 2 N–H and O–H groups in total. The number of hydrogen-bond acceptors (Lipinski definition) is 4. The number of amides is 1. The molecule has 8 nitrogen and oxygen atoms in total. The number of aromatic amines is 1. The number of halogens is 1. The second-order valence-electron chi connectivity index (χ2n) is 6.58. The third-order valence-electron chi connectivity index (χ3n) is 4.78. The average Bonchev–Trinajstić information content (AvgIpc) is 3.17. The van der Waals surface area contributed by atoms with E-state index in [1.807, 2.05) is 24.4 Å². The summed E-state index contributed by atoms with van der Waals surface area (Å²) >= 11 is 6.07. The lowest BCUT2D eigenvalue weighted by atomic mass is 10.1. The number of aryl methyl sites for hydroxylation is 1. The Balaban J connectivity index is 1.36. The zero-order chi connectivity index (χ0) is 19.0. The fourth-order valence-corrected chi connectivity index (χ4v) is 3.59. The first-order valence-electron chi connectivity index (χ1n) is 8.80. The molecule has 142 valence electrons. The molecule has 0 bridgehead atoms. The van der Waals surface area contributed by atoms with Crippen LogP contribution >= 0.6 is 11.6 Å². The third-order valence-corrected chi connectivity index (χ3v) is 5.01. The van der Waals surface area contributed by atoms with E-state index in [4.69, 9.17) is 16.3 Å². The van der Waals surface area contributed by atoms with Gasteiger partial charge in [0.1, 0.15) is 6.10 Å². The Hall–Kier alpha value is -2.58. The van der Waals surface area contributed by atoms with E-state index < -0.39 is 6.10 Å². The smallest absolute Gasteiger partial charge is 0.345 e. The first-order valence-corrected chi connectivity index (χ1v) is 9.18. The summed E-state index contributed by atoms with van der Waals surface area (Å²) in [7, 11) is 1.60. The molecule has 0 saturated heterocycles. The first-order chi connectivity index (χ1) is 13.0. The largest absolute Gasteiger partial charge is 0.368 e. The standard InChI is InChI=1S/C18H20ClN5O3/c1-23-18(26)24-6-7-27-15(17(24)22-23)9-16(25)20-5-4-11-10-21-14-3-2-12(19)8-13(11)14/h2-3,8,10,15,21H,4-7,9H2,1H3,(H,20,25). The zero-order valence-corrected chi connectivity index (χ0v) is 15.6. The van der Waals surface area contributed by atoms with Crippen molar-refractivity contribution >= 4 is 28.4 Å². The SMILES string of the molecule is Cn1nc2n(c1=O)CCOC2CC(=O)NCCc1c[nH]c2ccc(Cl)cc12. The van der Waals surface area contributed by atoms with Gasteiger partial charge in [-0.05, 0) is 30.2 Å². The van der Waals surface area contributed by atoms with E-state index in [0.717, 1.165) is 16.5 Å². The maximum atomic E-state index is 12.3. The summed E-state index contributed by atoms with van der Waals surface area (Å²) in [5.41, 5.74) is 1.93. The van der Waals surface area contributed by atoms with Crippen LogP contribution in [0.1, 0.15) is 23.9 Å². The summed E-state index contributed by atoms with van der Waals surface area (Å²) in [6.07, 6.45) is 2.26. The van der Waals surface area contributed by atoms with Crippen molar-refractivity contribution in [2.24, 2.45) is 7.05 Å². The number of nitrogens with zero attached hydrogens (tertiary/aromatic N) is 3. The molecule has 0 fully saturated rings. The number of ether oxygens (including phenoxy) is 1. The van der Waals surface area contributed by atoms with Crippen molar-refractivity contribution in [2.45, 2.75) is 25.5 Å². The number of hydrogen-bond donors (Lipinski definition) is 2. The van der Waals surface area contributed by atoms with Crippen LogP contribution in [0.25, 0.3) is 10.9 Å². The van der Waals surface area contributed by atoms with Crippen molar-refractivity contribution in [1.82, 2.24) is 24.6 Å². The van der Waals surface area contributed by atoms with Gasteiger partial charge in [-0.3, -0.25) is 9.36 Å². The maximum absolute atomic E-state index is 12.3. The number of fused-ring (bicyclic) bond motifs is 2. The van der Waals surface area contributed by atoms with Gasteiger partial charge in [-0.1, -0.05) is 11.6 Å². The van der Waals surface area contributed by atoms with E-state index in [2.05, 4.69) is 15.4 Å². The van der Waals surface area contributed by atoms with Crippen LogP contribution in [0.5, 0.6) is 0 Å². The Bertz CT molecular complexity index is 1050. The molecule has 0 spiro atoms. The molecule has 1 aromatic carbocycles. The normalized spacial score (nSPS) is 16.4. The molecule has 1 atom stereocenters. The van der Waals surface area contributed by atoms with Crippen LogP contribution in [-0.4, -0.2) is 38.4 Å². The van der Waals surface area contributed by atoms with E-state index in [1.54, 1.807) is 11.6 Å². The van der Waals surface area contributed by atoms with Crippen molar-refractivity contribution in [1.29, 1.82) is 0 Å². The van der Waals surface area contributed by atoms with Crippen LogP contribution in [-0.2, 0) is 29.5 Å². The topological polar surface area (TPSA) is 93.9 Å². The summed E-state index contributed by atoms with van der Waals surface area (Å²) in [5.74, 6) is 0.375. The van der Waals surface area contributed by atoms with Crippen LogP contribution in [0, 0.1) is 0 Å². The Kier molecular flexibility index (Phi) is 4.75. The van der Waals surface area contributed by atoms with E-state index >= 15 is 0 Å². The van der Waals surface area contributed by atoms with Crippen LogP contribution in [0.2, 0.25) is 5.02 Å². The lowest BCUT2D eigenvalue weighted by Gasteiger charge is -2.22. The predicted octanol–water partition coefficient (Wildman–Crippen LogP) is 1.54. The van der Waals surface area contributed by atoms with E-state index in [1.165, 1.54) is 4.68 Å². The molecule has 1 aliphatic rings. The molecule has 2 aromatic heterocycles. The Morgan fingerprint density at radius 2 is 2.33 bits per heavy atom. The number of carbonyl (C=O) groups is 1. The molecule has 3 heterocycles. The lowest BCUT2D eigenvalue weighted by molar-refractivity contribution is -0.125. The Labute approximate surface area is 160 Å². The zero-order valence-electron chi connectivity index (χ0n) is 14.9. The molecule has 1 amide bonds. The summed E-state index contributed by atoms with van der Waals surface area (Å²) in [4.78, 5) is 27.5. The van der Waals surface area contributed by atoms with E-state index in [0.29, 0.717) is 37.0 Å². The number of H-pyrrole nitrogens is 1. The Morgan fingerprint density at radius 1 is 1.48 bits per heavy atom. The van der Waals surface area contributed by atoms with Gasteiger partial charge in [-0.15, -0.1) is 0 Å². The van der Waals surface area contributed by atoms with Gasteiger partial charge < -0.3 is 15.0 Å². The molecule has 1 unspecified atom stereocenters. The molecule has 1 aliphatic heterocycles. The predicted molar refractivity (Wildman–Crippen MR) is 101 cm³/mol. The quantitative estimate of drug-likeness (QED) is 0.692. The average molecular weight is 390 g/mol. The molecule has 9 heteroatoms. The van der Waals surface area contributed by atoms with Crippen molar-refractivity contribution in [3.63, 3.8) is 0 Å². The highest BCUT2D eigenvalue weighted by atomic mass is 35.5. The number of rotatable bonds is 5. The highest BCUT2D eigenvalue weighted by molar-refractivity contribution is 6.31. The van der Waals surface area contributed by atoms with Gasteiger partial charge in [-0.2, -0.15) is 5.10 Å². The second-order valence-corrected chi connectivity index (χ2v) is 7.02. The minimum absolute atomic E-state index is 0.135. The summed E-state index contributed by atoms with van der Waals surface area (Å²) < 4.78 is 8.49. The number of nitrogens with one attached hydrogen (secondary N) is 2. The van der Waals surface area contributed by atoms with Gasteiger partial charge in [0.05, 0.1) is 19.6 Å². The van der Waals surface area contributed by atoms with E-state index in [-0.39, 0.29) is 18.0 Å². The summed E-state index contributed by atoms with van der Waals surface area (Å²) in [6, 6.07) is 5.70. The molecular formula is C18H20ClN5O3. The lowest BCUT2D eigenvalue weighted by Crippen LogP contribution is -2.33. The van der Waals surface area contributed by atoms with Gasteiger partial charge in [0.2, 0.25) is 5.91 Å². The molecule has 0 saturated carbocycles. The third kappa shape index (κ3) is 3.50. The molecular weight excluding hydrogens is 370 g/mol. The summed E-state index contributed by atoms with van der Waals surface area (Å²) in [5, 5.41) is 8.85. The van der Waals surface area contributed by atoms with Crippen LogP contribution in [0.4, 0.5) is 0 Å². The van der Waals surface area contributed by atoms with Crippen LogP contribution < -0.4 is 11.0 Å². The summed E-state index contributed by atoms with van der Waals surface area (Å²) in [6.45, 7) is 1.36. The van der Waals surface area contributed by atoms with Crippen molar-refractivity contribution in [3.8, 4) is 0 Å². The molecule has 3 aromatic rings. The first kappa shape index (κ1) is 17.8. The Morgan fingerprint density at radius 3 is 3.19 bits per heavy atom. The highest BCUT2D eigenvalue weighted by Gasteiger charge is 2.28. The van der Waals surface area contributed by atoms with E-state index in [9.17, 15) is 9.59 Å². The minimum Gasteiger partial charge on any atom is -0.368 e. The van der Waals surface area contributed by atoms with Crippen LogP contribution in [0.3, 0.4) is 0 Å². The molecule has 0 radical (unpaired) electrons. The fraction of sp³-hybridized carbons (Fsp3) is 0.389. The minimum atomic E-state index is -0.500. The monoisotopic (exact) mass is 389 g/mol. The fourth-order valence-electron chi connectivity index (χ4n) is 3.42. The van der Waals surface area contributed by atoms with Gasteiger partial charge >= 0.3 is 5.69 Å². The highest BCUT2D eigenvalue weighted by Crippen LogP contribution is 2.23. The van der Waals surface area contributed by atoms with Crippen molar-refractivity contribution < 1.29 is 9.53 Å². The van der Waals surface area contributed by atoms with Crippen LogP contribution in [0.15, 0.2) is 29.2 Å². The number of aromatic nitrogens is 4.